The molecule has 1 fully saturated rings. The Balaban J connectivity index is 1.39. The van der Waals surface area contributed by atoms with Gasteiger partial charge in [0.2, 0.25) is 5.91 Å². The molecule has 7 heteroatoms. The van der Waals surface area contributed by atoms with E-state index in [1.165, 1.54) is 0 Å². The number of carbonyl (C=O) groups is 2. The van der Waals surface area contributed by atoms with E-state index in [4.69, 9.17) is 9.47 Å². The third kappa shape index (κ3) is 5.67. The molecule has 0 aliphatic carbocycles. The normalized spacial score (nSPS) is 13.9. The predicted octanol–water partition coefficient (Wildman–Crippen LogP) is 4.32. The molecular formula is C29H33N3O4. The predicted molar refractivity (Wildman–Crippen MR) is 138 cm³/mol. The molecule has 188 valence electrons. The van der Waals surface area contributed by atoms with E-state index >= 15 is 0 Å². The van der Waals surface area contributed by atoms with Crippen molar-refractivity contribution < 1.29 is 19.1 Å². The summed E-state index contributed by atoms with van der Waals surface area (Å²) in [5.74, 6) is 1.13. The van der Waals surface area contributed by atoms with Crippen molar-refractivity contribution in [2.45, 2.75) is 32.8 Å². The summed E-state index contributed by atoms with van der Waals surface area (Å²) in [5, 5.41) is 0. The number of nitrogens with zero attached hydrogens (tertiary/aromatic N) is 3. The summed E-state index contributed by atoms with van der Waals surface area (Å²) in [6, 6.07) is 18.9. The molecule has 1 saturated heterocycles. The lowest BCUT2D eigenvalue weighted by molar-refractivity contribution is -0.137. The number of aromatic nitrogens is 1. The highest BCUT2D eigenvalue weighted by Gasteiger charge is 2.35. The minimum atomic E-state index is -0.619. The molecule has 2 aromatic carbocycles. The van der Waals surface area contributed by atoms with E-state index in [2.05, 4.69) is 4.98 Å². The molecular weight excluding hydrogens is 454 g/mol. The molecule has 1 aliphatic heterocycles. The third-order valence-corrected chi connectivity index (χ3v) is 6.52. The number of benzene rings is 2. The summed E-state index contributed by atoms with van der Waals surface area (Å²) in [4.78, 5) is 34.2. The van der Waals surface area contributed by atoms with Gasteiger partial charge in [0.15, 0.2) is 11.5 Å². The van der Waals surface area contributed by atoms with Crippen molar-refractivity contribution in [3.63, 3.8) is 0 Å². The Kier molecular flexibility index (Phi) is 7.88. The van der Waals surface area contributed by atoms with Gasteiger partial charge in [0.05, 0.1) is 12.0 Å². The standard InChI is InChI=1S/C29H33N3O4/c1-4-35-26-20-23(10-11-25(26)36-21-22-12-14-30-15-13-22)27(33)31-16-18-32(19-17-31)28(34)29(2,3)24-8-6-5-7-9-24/h5-15,20H,4,16-19,21H2,1-3H3. The first-order valence-corrected chi connectivity index (χ1v) is 12.3. The molecule has 0 unspecified atom stereocenters. The molecule has 2 amide bonds. The molecule has 36 heavy (non-hydrogen) atoms. The average molecular weight is 488 g/mol. The van der Waals surface area contributed by atoms with Gasteiger partial charge in [-0.15, -0.1) is 0 Å². The van der Waals surface area contributed by atoms with Crippen LogP contribution in [0.3, 0.4) is 0 Å². The van der Waals surface area contributed by atoms with Gasteiger partial charge < -0.3 is 19.3 Å². The van der Waals surface area contributed by atoms with Crippen molar-refractivity contribution in [3.8, 4) is 11.5 Å². The molecule has 2 heterocycles. The van der Waals surface area contributed by atoms with Crippen LogP contribution in [0.2, 0.25) is 0 Å². The Bertz CT molecular complexity index is 1170. The van der Waals surface area contributed by atoms with Crippen molar-refractivity contribution in [2.24, 2.45) is 0 Å². The van der Waals surface area contributed by atoms with Gasteiger partial charge in [-0.25, -0.2) is 0 Å². The number of rotatable bonds is 8. The van der Waals surface area contributed by atoms with Crippen LogP contribution >= 0.6 is 0 Å². The summed E-state index contributed by atoms with van der Waals surface area (Å²) in [7, 11) is 0. The molecule has 0 bridgehead atoms. The zero-order valence-electron chi connectivity index (χ0n) is 21.1. The molecule has 0 radical (unpaired) electrons. The fourth-order valence-corrected chi connectivity index (χ4v) is 4.34. The second-order valence-electron chi connectivity index (χ2n) is 9.31. The van der Waals surface area contributed by atoms with Crippen LogP contribution in [-0.4, -0.2) is 59.4 Å². The van der Waals surface area contributed by atoms with Crippen molar-refractivity contribution in [1.82, 2.24) is 14.8 Å². The number of ether oxygens (including phenoxy) is 2. The molecule has 1 aromatic heterocycles. The fraction of sp³-hybridized carbons (Fsp3) is 0.345. The zero-order chi connectivity index (χ0) is 25.5. The Morgan fingerprint density at radius 1 is 0.861 bits per heavy atom. The molecule has 0 spiro atoms. The molecule has 0 N–H and O–H groups in total. The first-order chi connectivity index (χ1) is 17.4. The van der Waals surface area contributed by atoms with Crippen molar-refractivity contribution in [3.05, 3.63) is 89.7 Å². The number of carbonyl (C=O) groups excluding carboxylic acids is 2. The van der Waals surface area contributed by atoms with Crippen LogP contribution < -0.4 is 9.47 Å². The van der Waals surface area contributed by atoms with Crippen LogP contribution in [0.1, 0.15) is 42.3 Å². The van der Waals surface area contributed by atoms with E-state index in [0.717, 1.165) is 11.1 Å². The first-order valence-electron chi connectivity index (χ1n) is 12.3. The Morgan fingerprint density at radius 3 is 2.19 bits per heavy atom. The van der Waals surface area contributed by atoms with Gasteiger partial charge in [0.25, 0.3) is 5.91 Å². The van der Waals surface area contributed by atoms with Gasteiger partial charge in [-0.3, -0.25) is 14.6 Å². The average Bonchev–Trinajstić information content (AvgIpc) is 2.93. The van der Waals surface area contributed by atoms with E-state index in [1.807, 2.05) is 68.1 Å². The quantitative estimate of drug-likeness (QED) is 0.473. The third-order valence-electron chi connectivity index (χ3n) is 6.52. The molecule has 1 aliphatic rings. The summed E-state index contributed by atoms with van der Waals surface area (Å²) in [6.45, 7) is 8.63. The smallest absolute Gasteiger partial charge is 0.254 e. The molecule has 0 saturated carbocycles. The van der Waals surface area contributed by atoms with Gasteiger partial charge in [-0.2, -0.15) is 0 Å². The summed E-state index contributed by atoms with van der Waals surface area (Å²) in [6.07, 6.45) is 3.44. The van der Waals surface area contributed by atoms with Gasteiger partial charge >= 0.3 is 0 Å². The Hall–Kier alpha value is -3.87. The van der Waals surface area contributed by atoms with Crippen LogP contribution in [0.15, 0.2) is 73.1 Å². The molecule has 0 atom stereocenters. The number of hydrogen-bond donors (Lipinski definition) is 0. The maximum Gasteiger partial charge on any atom is 0.254 e. The lowest BCUT2D eigenvalue weighted by atomic mass is 9.83. The highest BCUT2D eigenvalue weighted by atomic mass is 16.5. The van der Waals surface area contributed by atoms with Crippen molar-refractivity contribution in [2.75, 3.05) is 32.8 Å². The second-order valence-corrected chi connectivity index (χ2v) is 9.31. The van der Waals surface area contributed by atoms with E-state index in [-0.39, 0.29) is 11.8 Å². The maximum atomic E-state index is 13.3. The van der Waals surface area contributed by atoms with E-state index in [1.54, 1.807) is 35.5 Å². The topological polar surface area (TPSA) is 72.0 Å². The summed E-state index contributed by atoms with van der Waals surface area (Å²) < 4.78 is 11.7. The van der Waals surface area contributed by atoms with Crippen molar-refractivity contribution >= 4 is 11.8 Å². The van der Waals surface area contributed by atoms with Crippen LogP contribution in [0.5, 0.6) is 11.5 Å². The fourth-order valence-electron chi connectivity index (χ4n) is 4.34. The lowest BCUT2D eigenvalue weighted by Crippen LogP contribution is -2.54. The summed E-state index contributed by atoms with van der Waals surface area (Å²) >= 11 is 0. The highest BCUT2D eigenvalue weighted by molar-refractivity contribution is 5.95. The van der Waals surface area contributed by atoms with E-state index in [9.17, 15) is 9.59 Å². The monoisotopic (exact) mass is 487 g/mol. The SMILES string of the molecule is CCOc1cc(C(=O)N2CCN(C(=O)C(C)(C)c3ccccc3)CC2)ccc1OCc1ccncc1. The number of piperazine rings is 1. The molecule has 4 rings (SSSR count). The van der Waals surface area contributed by atoms with Gasteiger partial charge in [-0.1, -0.05) is 30.3 Å². The Labute approximate surface area is 212 Å². The number of hydrogen-bond acceptors (Lipinski definition) is 5. The van der Waals surface area contributed by atoms with Crippen LogP contribution in [0, 0.1) is 0 Å². The van der Waals surface area contributed by atoms with E-state index < -0.39 is 5.41 Å². The minimum Gasteiger partial charge on any atom is -0.490 e. The Morgan fingerprint density at radius 2 is 1.53 bits per heavy atom. The van der Waals surface area contributed by atoms with E-state index in [0.29, 0.717) is 56.5 Å². The zero-order valence-corrected chi connectivity index (χ0v) is 21.1. The largest absolute Gasteiger partial charge is 0.490 e. The van der Waals surface area contributed by atoms with Gasteiger partial charge in [0.1, 0.15) is 6.61 Å². The summed E-state index contributed by atoms with van der Waals surface area (Å²) in [5.41, 5.74) is 1.91. The maximum absolute atomic E-state index is 13.3. The van der Waals surface area contributed by atoms with Crippen LogP contribution in [0.4, 0.5) is 0 Å². The van der Waals surface area contributed by atoms with Gasteiger partial charge in [-0.05, 0) is 62.2 Å². The van der Waals surface area contributed by atoms with Gasteiger partial charge in [0, 0.05) is 44.1 Å². The second kappa shape index (κ2) is 11.2. The lowest BCUT2D eigenvalue weighted by Gasteiger charge is -2.38. The highest BCUT2D eigenvalue weighted by Crippen LogP contribution is 2.30. The minimum absolute atomic E-state index is 0.0777. The van der Waals surface area contributed by atoms with Crippen molar-refractivity contribution in [1.29, 1.82) is 0 Å². The molecule has 7 nitrogen and oxygen atoms in total. The number of amides is 2. The van der Waals surface area contributed by atoms with Crippen LogP contribution in [-0.2, 0) is 16.8 Å². The number of pyridine rings is 1. The van der Waals surface area contributed by atoms with Crippen LogP contribution in [0.25, 0.3) is 0 Å². The first kappa shape index (κ1) is 25.2. The molecule has 3 aromatic rings.